The van der Waals surface area contributed by atoms with Crippen LogP contribution in [0.1, 0.15) is 22.8 Å². The van der Waals surface area contributed by atoms with Crippen LogP contribution in [0.5, 0.6) is 17.2 Å². The minimum absolute atomic E-state index is 0.0210. The molecule has 5 nitrogen and oxygen atoms in total. The Hall–Kier alpha value is -1.91. The zero-order valence-electron chi connectivity index (χ0n) is 10.4. The summed E-state index contributed by atoms with van der Waals surface area (Å²) in [5.74, 6) is -0.122. The Balaban J connectivity index is 3.38. The van der Waals surface area contributed by atoms with Crippen LogP contribution in [0.25, 0.3) is 0 Å². The topological polar surface area (TPSA) is 65.0 Å². The summed E-state index contributed by atoms with van der Waals surface area (Å²) in [6, 6.07) is 1.37. The number of rotatable bonds is 4. The Kier molecular flexibility index (Phi) is 4.20. The van der Waals surface area contributed by atoms with Gasteiger partial charge in [0, 0.05) is 11.6 Å². The molecule has 0 saturated carbocycles. The molecule has 0 fully saturated rings. The number of carbonyl (C=O) groups excluding carboxylic acids is 1. The second-order valence-corrected chi connectivity index (χ2v) is 3.35. The van der Waals surface area contributed by atoms with Crippen molar-refractivity contribution < 1.29 is 24.1 Å². The van der Waals surface area contributed by atoms with Gasteiger partial charge >= 0.3 is 5.97 Å². The van der Waals surface area contributed by atoms with Crippen molar-refractivity contribution in [3.63, 3.8) is 0 Å². The summed E-state index contributed by atoms with van der Waals surface area (Å²) in [5, 5.41) is 9.80. The zero-order chi connectivity index (χ0) is 13.0. The Morgan fingerprint density at radius 1 is 1.35 bits per heavy atom. The lowest BCUT2D eigenvalue weighted by Gasteiger charge is -2.15. The summed E-state index contributed by atoms with van der Waals surface area (Å²) < 4.78 is 15.1. The zero-order valence-corrected chi connectivity index (χ0v) is 10.4. The molecule has 0 saturated heterocycles. The number of benzene rings is 1. The van der Waals surface area contributed by atoms with E-state index in [-0.39, 0.29) is 23.7 Å². The van der Waals surface area contributed by atoms with Crippen LogP contribution >= 0.6 is 0 Å². The van der Waals surface area contributed by atoms with E-state index in [0.717, 1.165) is 0 Å². The third-order valence-corrected chi connectivity index (χ3v) is 2.36. The summed E-state index contributed by atoms with van der Waals surface area (Å²) in [4.78, 5) is 11.7. The second kappa shape index (κ2) is 5.43. The van der Waals surface area contributed by atoms with Gasteiger partial charge in [-0.25, -0.2) is 4.79 Å². The van der Waals surface area contributed by atoms with Gasteiger partial charge in [-0.1, -0.05) is 0 Å². The van der Waals surface area contributed by atoms with Gasteiger partial charge in [0.05, 0.1) is 20.8 Å². The molecular weight excluding hydrogens is 224 g/mol. The molecule has 1 N–H and O–H groups in total. The maximum absolute atomic E-state index is 11.7. The molecule has 1 rings (SSSR count). The monoisotopic (exact) mass is 240 g/mol. The minimum atomic E-state index is -0.618. The van der Waals surface area contributed by atoms with Crippen molar-refractivity contribution in [1.82, 2.24) is 0 Å². The first-order valence-electron chi connectivity index (χ1n) is 5.18. The number of hydrogen-bond acceptors (Lipinski definition) is 5. The molecule has 0 unspecified atom stereocenters. The number of hydrogen-bond donors (Lipinski definition) is 1. The average molecular weight is 240 g/mol. The number of phenols is 1. The van der Waals surface area contributed by atoms with Gasteiger partial charge in [-0.05, 0) is 13.8 Å². The quantitative estimate of drug-likeness (QED) is 0.814. The van der Waals surface area contributed by atoms with Gasteiger partial charge in [-0.2, -0.15) is 0 Å². The lowest BCUT2D eigenvalue weighted by molar-refractivity contribution is 0.0519. The molecule has 0 atom stereocenters. The normalized spacial score (nSPS) is 9.88. The molecule has 94 valence electrons. The maximum Gasteiger partial charge on any atom is 0.345 e. The lowest BCUT2D eigenvalue weighted by atomic mass is 10.1. The molecule has 0 radical (unpaired) electrons. The Morgan fingerprint density at radius 3 is 2.47 bits per heavy atom. The molecule has 0 aliphatic carbocycles. The molecule has 0 aliphatic heterocycles. The molecule has 1 aromatic carbocycles. The van der Waals surface area contributed by atoms with Gasteiger partial charge in [-0.15, -0.1) is 0 Å². The summed E-state index contributed by atoms with van der Waals surface area (Å²) in [7, 11) is 2.90. The number of esters is 1. The predicted molar refractivity (Wildman–Crippen MR) is 61.9 cm³/mol. The van der Waals surface area contributed by atoms with Crippen LogP contribution in [0.15, 0.2) is 6.07 Å². The van der Waals surface area contributed by atoms with E-state index in [1.807, 2.05) is 0 Å². The molecule has 5 heteroatoms. The lowest BCUT2D eigenvalue weighted by Crippen LogP contribution is -2.08. The maximum atomic E-state index is 11.7. The van der Waals surface area contributed by atoms with Gasteiger partial charge in [0.1, 0.15) is 22.8 Å². The van der Waals surface area contributed by atoms with E-state index in [1.54, 1.807) is 13.8 Å². The van der Waals surface area contributed by atoms with Gasteiger partial charge in [0.15, 0.2) is 0 Å². The van der Waals surface area contributed by atoms with E-state index >= 15 is 0 Å². The van der Waals surface area contributed by atoms with Crippen LogP contribution in [-0.4, -0.2) is 31.9 Å². The van der Waals surface area contributed by atoms with Crippen LogP contribution in [-0.2, 0) is 4.74 Å². The van der Waals surface area contributed by atoms with Crippen LogP contribution < -0.4 is 9.47 Å². The highest BCUT2D eigenvalue weighted by Gasteiger charge is 2.23. The number of aromatic hydroxyl groups is 1. The smallest absolute Gasteiger partial charge is 0.345 e. The molecule has 0 aromatic heterocycles. The van der Waals surface area contributed by atoms with Crippen molar-refractivity contribution in [2.45, 2.75) is 13.8 Å². The fourth-order valence-corrected chi connectivity index (χ4v) is 1.59. The van der Waals surface area contributed by atoms with Crippen molar-refractivity contribution in [2.24, 2.45) is 0 Å². The summed E-state index contributed by atoms with van der Waals surface area (Å²) in [6.45, 7) is 3.66. The molecule has 0 aliphatic rings. The van der Waals surface area contributed by atoms with Gasteiger partial charge in [-0.3, -0.25) is 0 Å². The summed E-state index contributed by atoms with van der Waals surface area (Å²) in [5.41, 5.74) is 0.656. The standard InChI is InChI=1S/C12H16O5/c1-5-17-12(14)10-8(13)6-9(15-3)7(2)11(10)16-4/h6,13H,5H2,1-4H3. The van der Waals surface area contributed by atoms with Crippen LogP contribution in [0.2, 0.25) is 0 Å². The minimum Gasteiger partial charge on any atom is -0.507 e. The number of methoxy groups -OCH3 is 2. The van der Waals surface area contributed by atoms with Crippen LogP contribution in [0, 0.1) is 6.92 Å². The second-order valence-electron chi connectivity index (χ2n) is 3.35. The van der Waals surface area contributed by atoms with E-state index in [1.165, 1.54) is 20.3 Å². The Bertz CT molecular complexity index is 425. The highest BCUT2D eigenvalue weighted by Crippen LogP contribution is 2.38. The SMILES string of the molecule is CCOC(=O)c1c(O)cc(OC)c(C)c1OC. The first-order chi connectivity index (χ1) is 8.06. The fraction of sp³-hybridized carbons (Fsp3) is 0.417. The largest absolute Gasteiger partial charge is 0.507 e. The van der Waals surface area contributed by atoms with Crippen LogP contribution in [0.3, 0.4) is 0 Å². The first kappa shape index (κ1) is 13.2. The first-order valence-corrected chi connectivity index (χ1v) is 5.18. The van der Waals surface area contributed by atoms with Crippen molar-refractivity contribution >= 4 is 5.97 Å². The third kappa shape index (κ3) is 2.43. The van der Waals surface area contributed by atoms with Gasteiger partial charge in [0.25, 0.3) is 0 Å². The molecule has 0 amide bonds. The fourth-order valence-electron chi connectivity index (χ4n) is 1.59. The van der Waals surface area contributed by atoms with Crippen LogP contribution in [0.4, 0.5) is 0 Å². The molecule has 0 spiro atoms. The van der Waals surface area contributed by atoms with E-state index in [0.29, 0.717) is 11.3 Å². The van der Waals surface area contributed by atoms with Gasteiger partial charge < -0.3 is 19.3 Å². The van der Waals surface area contributed by atoms with Crippen molar-refractivity contribution in [3.8, 4) is 17.2 Å². The summed E-state index contributed by atoms with van der Waals surface area (Å²) in [6.07, 6.45) is 0. The molecule has 1 aromatic rings. The van der Waals surface area contributed by atoms with Crippen molar-refractivity contribution in [1.29, 1.82) is 0 Å². The molecular formula is C12H16O5. The highest BCUT2D eigenvalue weighted by atomic mass is 16.5. The average Bonchev–Trinajstić information content (AvgIpc) is 2.31. The van der Waals surface area contributed by atoms with E-state index < -0.39 is 5.97 Å². The Labute approximate surface area is 99.9 Å². The predicted octanol–water partition coefficient (Wildman–Crippen LogP) is 1.89. The molecule has 0 heterocycles. The molecule has 0 bridgehead atoms. The van der Waals surface area contributed by atoms with Crippen molar-refractivity contribution in [3.05, 3.63) is 17.2 Å². The highest BCUT2D eigenvalue weighted by molar-refractivity contribution is 5.96. The van der Waals surface area contributed by atoms with Crippen molar-refractivity contribution in [2.75, 3.05) is 20.8 Å². The number of ether oxygens (including phenoxy) is 3. The third-order valence-electron chi connectivity index (χ3n) is 2.36. The number of phenolic OH excluding ortho intramolecular Hbond substituents is 1. The van der Waals surface area contributed by atoms with E-state index in [4.69, 9.17) is 14.2 Å². The van der Waals surface area contributed by atoms with E-state index in [2.05, 4.69) is 0 Å². The van der Waals surface area contributed by atoms with Gasteiger partial charge in [0.2, 0.25) is 0 Å². The molecule has 17 heavy (non-hydrogen) atoms. The Morgan fingerprint density at radius 2 is 2.00 bits per heavy atom. The number of carbonyl (C=O) groups is 1. The summed E-state index contributed by atoms with van der Waals surface area (Å²) >= 11 is 0. The van der Waals surface area contributed by atoms with E-state index in [9.17, 15) is 9.90 Å².